The van der Waals surface area contributed by atoms with E-state index in [9.17, 15) is 9.59 Å². The van der Waals surface area contributed by atoms with Gasteiger partial charge in [-0.25, -0.2) is 0 Å². The second-order valence-electron chi connectivity index (χ2n) is 4.19. The summed E-state index contributed by atoms with van der Waals surface area (Å²) in [7, 11) is 3.45. The maximum atomic E-state index is 12.1. The molecule has 2 unspecified atom stereocenters. The highest BCUT2D eigenvalue weighted by Gasteiger charge is 2.34. The number of carbonyl (C=O) groups excluding carboxylic acids is 2. The Bertz CT molecular complexity index is 283. The summed E-state index contributed by atoms with van der Waals surface area (Å²) in [6.07, 6.45) is 0. The van der Waals surface area contributed by atoms with Gasteiger partial charge in [-0.3, -0.25) is 9.59 Å². The number of hydrogen-bond acceptors (Lipinski definition) is 4. The van der Waals surface area contributed by atoms with Gasteiger partial charge in [-0.2, -0.15) is 0 Å². The summed E-state index contributed by atoms with van der Waals surface area (Å²) >= 11 is 0. The van der Waals surface area contributed by atoms with Gasteiger partial charge >= 0.3 is 0 Å². The van der Waals surface area contributed by atoms with Gasteiger partial charge in [0.2, 0.25) is 11.8 Å². The van der Waals surface area contributed by atoms with E-state index in [1.807, 2.05) is 14.0 Å². The fraction of sp³-hybridized carbons (Fsp3) is 0.818. The summed E-state index contributed by atoms with van der Waals surface area (Å²) in [5.41, 5.74) is 0. The average molecular weight is 243 g/mol. The minimum atomic E-state index is -0.195. The second-order valence-corrected chi connectivity index (χ2v) is 4.19. The Kier molecular flexibility index (Phi) is 5.37. The lowest BCUT2D eigenvalue weighted by molar-refractivity contribution is -0.138. The lowest BCUT2D eigenvalue weighted by Gasteiger charge is -2.23. The Morgan fingerprint density at radius 3 is 2.71 bits per heavy atom. The predicted octanol–water partition coefficient (Wildman–Crippen LogP) is -1.18. The van der Waals surface area contributed by atoms with Crippen LogP contribution in [0.5, 0.6) is 0 Å². The lowest BCUT2D eigenvalue weighted by Crippen LogP contribution is -2.46. The van der Waals surface area contributed by atoms with Crippen molar-refractivity contribution in [3.05, 3.63) is 0 Å². The van der Waals surface area contributed by atoms with Crippen molar-refractivity contribution in [2.75, 3.05) is 40.4 Å². The molecule has 1 heterocycles. The summed E-state index contributed by atoms with van der Waals surface area (Å²) in [4.78, 5) is 24.9. The third-order valence-electron chi connectivity index (χ3n) is 2.90. The molecule has 2 atom stereocenters. The van der Waals surface area contributed by atoms with E-state index in [2.05, 4.69) is 10.6 Å². The highest BCUT2D eigenvalue weighted by molar-refractivity contribution is 5.86. The number of hydrogen-bond donors (Lipinski definition) is 2. The summed E-state index contributed by atoms with van der Waals surface area (Å²) in [6.45, 7) is 3.49. The van der Waals surface area contributed by atoms with Gasteiger partial charge in [0.25, 0.3) is 0 Å². The van der Waals surface area contributed by atoms with E-state index in [1.165, 1.54) is 4.90 Å². The Morgan fingerprint density at radius 1 is 1.41 bits per heavy atom. The Labute approximate surface area is 102 Å². The molecular weight excluding hydrogens is 222 g/mol. The van der Waals surface area contributed by atoms with E-state index < -0.39 is 0 Å². The second kappa shape index (κ2) is 6.56. The van der Waals surface area contributed by atoms with Crippen LogP contribution in [0.15, 0.2) is 0 Å². The van der Waals surface area contributed by atoms with Crippen molar-refractivity contribution in [3.8, 4) is 0 Å². The van der Waals surface area contributed by atoms with E-state index in [0.717, 1.165) is 0 Å². The first-order valence-corrected chi connectivity index (χ1v) is 5.86. The van der Waals surface area contributed by atoms with Crippen LogP contribution in [0.3, 0.4) is 0 Å². The predicted molar refractivity (Wildman–Crippen MR) is 63.5 cm³/mol. The Hall–Kier alpha value is -1.14. The molecule has 0 aromatic carbocycles. The molecule has 17 heavy (non-hydrogen) atoms. The molecule has 1 aliphatic rings. The number of likely N-dealkylation sites (N-methyl/N-ethyl adjacent to an activating group) is 3. The number of amides is 2. The summed E-state index contributed by atoms with van der Waals surface area (Å²) in [6, 6.07) is 0.0409. The van der Waals surface area contributed by atoms with Gasteiger partial charge in [-0.1, -0.05) is 0 Å². The number of carbonyl (C=O) groups is 2. The first-order valence-electron chi connectivity index (χ1n) is 5.86. The van der Waals surface area contributed by atoms with E-state index in [4.69, 9.17) is 4.74 Å². The number of rotatable bonds is 5. The highest BCUT2D eigenvalue weighted by Crippen LogP contribution is 2.15. The normalized spacial score (nSPS) is 23.5. The molecule has 2 N–H and O–H groups in total. The Balaban J connectivity index is 2.48. The highest BCUT2D eigenvalue weighted by atomic mass is 16.5. The smallest absolute Gasteiger partial charge is 0.239 e. The number of nitrogens with one attached hydrogen (secondary N) is 2. The molecule has 1 aliphatic heterocycles. The zero-order valence-electron chi connectivity index (χ0n) is 10.7. The summed E-state index contributed by atoms with van der Waals surface area (Å²) < 4.78 is 5.27. The standard InChI is InChI=1S/C11H21N3O3/c1-4-13-10(15)5-14(3)11(16)8-6-17-7-9(8)12-2/h8-9,12H,4-7H2,1-3H3,(H,13,15). The van der Waals surface area contributed by atoms with Crippen LogP contribution in [0.1, 0.15) is 6.92 Å². The quantitative estimate of drug-likeness (QED) is 0.637. The molecule has 0 bridgehead atoms. The molecule has 0 radical (unpaired) electrons. The molecule has 6 heteroatoms. The van der Waals surface area contributed by atoms with Gasteiger partial charge in [0.1, 0.15) is 0 Å². The van der Waals surface area contributed by atoms with Crippen molar-refractivity contribution in [1.82, 2.24) is 15.5 Å². The van der Waals surface area contributed by atoms with Crippen molar-refractivity contribution in [2.45, 2.75) is 13.0 Å². The molecule has 0 saturated carbocycles. The van der Waals surface area contributed by atoms with Crippen LogP contribution in [0.25, 0.3) is 0 Å². The fourth-order valence-corrected chi connectivity index (χ4v) is 1.91. The van der Waals surface area contributed by atoms with Crippen LogP contribution in [0.2, 0.25) is 0 Å². The fourth-order valence-electron chi connectivity index (χ4n) is 1.91. The number of ether oxygens (including phenoxy) is 1. The van der Waals surface area contributed by atoms with Crippen LogP contribution >= 0.6 is 0 Å². The molecular formula is C11H21N3O3. The first kappa shape index (κ1) is 13.9. The largest absolute Gasteiger partial charge is 0.379 e. The minimum Gasteiger partial charge on any atom is -0.379 e. The van der Waals surface area contributed by atoms with Crippen molar-refractivity contribution in [1.29, 1.82) is 0 Å². The maximum absolute atomic E-state index is 12.1. The molecule has 1 saturated heterocycles. The van der Waals surface area contributed by atoms with Gasteiger partial charge in [-0.15, -0.1) is 0 Å². The SMILES string of the molecule is CCNC(=O)CN(C)C(=O)C1COCC1NC. The van der Waals surface area contributed by atoms with Crippen molar-refractivity contribution in [3.63, 3.8) is 0 Å². The van der Waals surface area contributed by atoms with Gasteiger partial charge in [0.15, 0.2) is 0 Å². The molecule has 2 amide bonds. The van der Waals surface area contributed by atoms with E-state index in [1.54, 1.807) is 7.05 Å². The molecule has 0 aliphatic carbocycles. The van der Waals surface area contributed by atoms with Crippen LogP contribution in [-0.4, -0.2) is 63.2 Å². The molecule has 1 rings (SSSR count). The van der Waals surface area contributed by atoms with Crippen molar-refractivity contribution >= 4 is 11.8 Å². The van der Waals surface area contributed by atoms with E-state index in [-0.39, 0.29) is 30.3 Å². The van der Waals surface area contributed by atoms with Gasteiger partial charge in [0.05, 0.1) is 25.7 Å². The average Bonchev–Trinajstić information content (AvgIpc) is 2.76. The van der Waals surface area contributed by atoms with Gasteiger partial charge in [0, 0.05) is 19.6 Å². The maximum Gasteiger partial charge on any atom is 0.239 e. The van der Waals surface area contributed by atoms with Gasteiger partial charge < -0.3 is 20.3 Å². The molecule has 98 valence electrons. The molecule has 0 aromatic rings. The monoisotopic (exact) mass is 243 g/mol. The zero-order valence-corrected chi connectivity index (χ0v) is 10.7. The summed E-state index contributed by atoms with van der Waals surface area (Å²) in [5.74, 6) is -0.379. The molecule has 1 fully saturated rings. The molecule has 0 aromatic heterocycles. The van der Waals surface area contributed by atoms with Crippen LogP contribution in [0, 0.1) is 5.92 Å². The van der Waals surface area contributed by atoms with Crippen molar-refractivity contribution < 1.29 is 14.3 Å². The topological polar surface area (TPSA) is 70.7 Å². The van der Waals surface area contributed by atoms with Gasteiger partial charge in [-0.05, 0) is 14.0 Å². The lowest BCUT2D eigenvalue weighted by atomic mass is 10.0. The van der Waals surface area contributed by atoms with E-state index in [0.29, 0.717) is 19.8 Å². The minimum absolute atomic E-state index is 0.0409. The third-order valence-corrected chi connectivity index (χ3v) is 2.90. The van der Waals surface area contributed by atoms with Crippen LogP contribution < -0.4 is 10.6 Å². The molecule has 6 nitrogen and oxygen atoms in total. The summed E-state index contributed by atoms with van der Waals surface area (Å²) in [5, 5.41) is 5.72. The van der Waals surface area contributed by atoms with Crippen molar-refractivity contribution in [2.24, 2.45) is 5.92 Å². The Morgan fingerprint density at radius 2 is 2.12 bits per heavy atom. The number of nitrogens with zero attached hydrogens (tertiary/aromatic N) is 1. The third kappa shape index (κ3) is 3.67. The first-order chi connectivity index (χ1) is 8.10. The van der Waals surface area contributed by atoms with E-state index >= 15 is 0 Å². The van der Waals surface area contributed by atoms with Crippen LogP contribution in [-0.2, 0) is 14.3 Å². The zero-order chi connectivity index (χ0) is 12.8. The van der Waals surface area contributed by atoms with Crippen LogP contribution in [0.4, 0.5) is 0 Å². The molecule has 0 spiro atoms.